The number of hydrogen-bond acceptors (Lipinski definition) is 1. The van der Waals surface area contributed by atoms with Gasteiger partial charge in [-0.1, -0.05) is 0 Å². The highest BCUT2D eigenvalue weighted by Crippen LogP contribution is 2.02. The Morgan fingerprint density at radius 3 is 2.57 bits per heavy atom. The maximum atomic E-state index is 3.91. The molecule has 0 aliphatic carbocycles. The lowest BCUT2D eigenvalue weighted by Crippen LogP contribution is -1.72. The topological polar surface area (TPSA) is 17.8 Å². The molecule has 0 aliphatic heterocycles. The van der Waals surface area contributed by atoms with E-state index in [2.05, 4.69) is 50.6 Å². The van der Waals surface area contributed by atoms with Gasteiger partial charge in [0, 0.05) is 6.20 Å². The maximum Gasteiger partial charge on any atom is 0.0843 e. The fraction of sp³-hybridized carbons (Fsp3) is 0. The van der Waals surface area contributed by atoms with Crippen molar-refractivity contribution in [3.63, 3.8) is 0 Å². The van der Waals surface area contributed by atoms with Crippen LogP contribution in [0.15, 0.2) is 12.4 Å². The van der Waals surface area contributed by atoms with Crippen molar-refractivity contribution in [2.24, 2.45) is 0 Å². The molecule has 7 heavy (non-hydrogen) atoms. The molecule has 0 amide bonds. The van der Waals surface area contributed by atoms with Gasteiger partial charge in [0.05, 0.1) is 32.6 Å². The first-order valence-corrected chi connectivity index (χ1v) is 3.70. The zero-order valence-corrected chi connectivity index (χ0v) is 7.62. The molecule has 0 atom stereocenters. The summed E-state index contributed by atoms with van der Waals surface area (Å²) in [5, 5.41) is 3.91. The molecule has 0 saturated carbocycles. The highest BCUT2D eigenvalue weighted by atomic mass is 127. The summed E-state index contributed by atoms with van der Waals surface area (Å²) in [5.41, 5.74) is 0. The lowest BCUT2D eigenvalue weighted by molar-refractivity contribution is 1.06. The van der Waals surface area contributed by atoms with Crippen molar-refractivity contribution in [2.45, 2.75) is 0 Å². The van der Waals surface area contributed by atoms with Crippen LogP contribution in [0.3, 0.4) is 0 Å². The Bertz CT molecular complexity index is 143. The number of hydrogen-bond donors (Lipinski definition) is 0. The molecular formula is C3H2I2N2. The highest BCUT2D eigenvalue weighted by molar-refractivity contribution is 14.1. The van der Waals surface area contributed by atoms with Crippen molar-refractivity contribution < 1.29 is 0 Å². The minimum Gasteiger partial charge on any atom is -0.210 e. The Morgan fingerprint density at radius 1 is 1.71 bits per heavy atom. The summed E-state index contributed by atoms with van der Waals surface area (Å²) < 4.78 is 2.92. The van der Waals surface area contributed by atoms with Gasteiger partial charge in [-0.25, -0.2) is 2.90 Å². The van der Waals surface area contributed by atoms with Crippen LogP contribution < -0.4 is 0 Å². The van der Waals surface area contributed by atoms with Gasteiger partial charge in [-0.15, -0.1) is 0 Å². The molecule has 0 saturated heterocycles. The summed E-state index contributed by atoms with van der Waals surface area (Å²) >= 11 is 4.31. The largest absolute Gasteiger partial charge is 0.210 e. The van der Waals surface area contributed by atoms with E-state index in [0.29, 0.717) is 0 Å². The molecular weight excluding hydrogens is 318 g/mol. The van der Waals surface area contributed by atoms with Gasteiger partial charge in [0.1, 0.15) is 0 Å². The molecule has 0 radical (unpaired) electrons. The summed E-state index contributed by atoms with van der Waals surface area (Å²) in [5.74, 6) is 0. The molecule has 0 N–H and O–H groups in total. The first-order valence-electron chi connectivity index (χ1n) is 1.65. The minimum absolute atomic E-state index is 1.17. The molecule has 0 aromatic carbocycles. The second kappa shape index (κ2) is 2.29. The fourth-order valence-corrected chi connectivity index (χ4v) is 1.62. The Morgan fingerprint density at radius 2 is 2.43 bits per heavy atom. The monoisotopic (exact) mass is 320 g/mol. The lowest BCUT2D eigenvalue weighted by Gasteiger charge is -1.73. The quantitative estimate of drug-likeness (QED) is 0.665. The number of nitrogens with zero attached hydrogens (tertiary/aromatic N) is 2. The molecule has 1 rings (SSSR count). The van der Waals surface area contributed by atoms with Crippen LogP contribution in [-0.4, -0.2) is 7.99 Å². The third kappa shape index (κ3) is 1.56. The Hall–Kier alpha value is 0.670. The van der Waals surface area contributed by atoms with E-state index in [1.165, 1.54) is 3.57 Å². The van der Waals surface area contributed by atoms with Crippen LogP contribution in [0.5, 0.6) is 0 Å². The van der Waals surface area contributed by atoms with Crippen LogP contribution in [0.2, 0.25) is 0 Å². The lowest BCUT2D eigenvalue weighted by atomic mass is 10.8. The minimum atomic E-state index is 1.17. The first kappa shape index (κ1) is 5.80. The van der Waals surface area contributed by atoms with Crippen LogP contribution in [0, 0.1) is 3.57 Å². The van der Waals surface area contributed by atoms with Crippen molar-refractivity contribution in [2.75, 3.05) is 0 Å². The van der Waals surface area contributed by atoms with Crippen LogP contribution in [0.25, 0.3) is 0 Å². The van der Waals surface area contributed by atoms with Crippen molar-refractivity contribution >= 4 is 45.5 Å². The standard InChI is InChI=1S/C3H2I2N2/c4-3-1-6-7(5)2-3/h1-2H. The molecule has 38 valence electrons. The van der Waals surface area contributed by atoms with Crippen LogP contribution in [-0.2, 0) is 0 Å². The van der Waals surface area contributed by atoms with E-state index in [1.54, 1.807) is 2.90 Å². The van der Waals surface area contributed by atoms with Crippen molar-refractivity contribution in [3.8, 4) is 0 Å². The zero-order chi connectivity index (χ0) is 5.28. The Kier molecular flexibility index (Phi) is 1.90. The summed E-state index contributed by atoms with van der Waals surface area (Å²) in [6.07, 6.45) is 3.76. The van der Waals surface area contributed by atoms with Gasteiger partial charge < -0.3 is 0 Å². The Balaban J connectivity index is 3.04. The van der Waals surface area contributed by atoms with Gasteiger partial charge in [-0.2, -0.15) is 5.10 Å². The van der Waals surface area contributed by atoms with Crippen LogP contribution in [0.4, 0.5) is 0 Å². The Labute approximate surface area is 68.9 Å². The second-order valence-electron chi connectivity index (χ2n) is 1.05. The molecule has 0 fully saturated rings. The molecule has 0 spiro atoms. The van der Waals surface area contributed by atoms with Gasteiger partial charge in [0.2, 0.25) is 0 Å². The number of aromatic nitrogens is 2. The predicted octanol–water partition coefficient (Wildman–Crippen LogP) is 1.69. The third-order valence-electron chi connectivity index (χ3n) is 0.521. The van der Waals surface area contributed by atoms with Gasteiger partial charge in [-0.3, -0.25) is 0 Å². The first-order chi connectivity index (χ1) is 3.29. The molecule has 1 heterocycles. The van der Waals surface area contributed by atoms with Gasteiger partial charge in [0.15, 0.2) is 0 Å². The van der Waals surface area contributed by atoms with Crippen molar-refractivity contribution in [3.05, 3.63) is 16.0 Å². The summed E-state index contributed by atoms with van der Waals surface area (Å²) in [6, 6.07) is 0. The van der Waals surface area contributed by atoms with E-state index in [1.807, 2.05) is 12.4 Å². The zero-order valence-electron chi connectivity index (χ0n) is 3.31. The van der Waals surface area contributed by atoms with Crippen molar-refractivity contribution in [1.82, 2.24) is 7.99 Å². The molecule has 0 unspecified atom stereocenters. The van der Waals surface area contributed by atoms with E-state index >= 15 is 0 Å². The van der Waals surface area contributed by atoms with E-state index in [4.69, 9.17) is 0 Å². The normalized spacial score (nSPS) is 9.43. The average molecular weight is 320 g/mol. The molecule has 2 nitrogen and oxygen atoms in total. The van der Waals surface area contributed by atoms with E-state index < -0.39 is 0 Å². The van der Waals surface area contributed by atoms with Gasteiger partial charge >= 0.3 is 0 Å². The summed E-state index contributed by atoms with van der Waals surface area (Å²) in [6.45, 7) is 0. The van der Waals surface area contributed by atoms with Crippen LogP contribution >= 0.6 is 45.5 Å². The highest BCUT2D eigenvalue weighted by Gasteiger charge is 1.85. The second-order valence-corrected chi connectivity index (χ2v) is 3.28. The average Bonchev–Trinajstić information content (AvgIpc) is 1.87. The maximum absolute atomic E-state index is 3.91. The number of rotatable bonds is 0. The van der Waals surface area contributed by atoms with Gasteiger partial charge in [-0.05, 0) is 22.6 Å². The number of halogens is 2. The van der Waals surface area contributed by atoms with E-state index in [-0.39, 0.29) is 0 Å². The predicted molar refractivity (Wildman–Crippen MR) is 44.4 cm³/mol. The SMILES string of the molecule is Ic1cnn(I)c1. The third-order valence-corrected chi connectivity index (χ3v) is 1.61. The molecule has 1 aromatic heterocycles. The summed E-state index contributed by atoms with van der Waals surface area (Å²) in [7, 11) is 0. The smallest absolute Gasteiger partial charge is 0.0843 e. The van der Waals surface area contributed by atoms with Crippen LogP contribution in [0.1, 0.15) is 0 Å². The molecule has 4 heteroatoms. The van der Waals surface area contributed by atoms with Gasteiger partial charge in [0.25, 0.3) is 0 Å². The molecule has 1 aromatic rings. The van der Waals surface area contributed by atoms with E-state index in [0.717, 1.165) is 0 Å². The molecule has 0 bridgehead atoms. The van der Waals surface area contributed by atoms with Crippen molar-refractivity contribution in [1.29, 1.82) is 0 Å². The fourth-order valence-electron chi connectivity index (χ4n) is 0.279. The summed E-state index contributed by atoms with van der Waals surface area (Å²) in [4.78, 5) is 0. The van der Waals surface area contributed by atoms with E-state index in [9.17, 15) is 0 Å². The molecule has 0 aliphatic rings.